The fourth-order valence-corrected chi connectivity index (χ4v) is 1.88. The number of hydrogen-bond donors (Lipinski definition) is 0. The van der Waals surface area contributed by atoms with Gasteiger partial charge in [0.05, 0.1) is 0 Å². The second kappa shape index (κ2) is 4.68. The SMILES string of the molecule is Cc1ccc(-c2[c]cc([S+](C)[O-])cc2)cn1. The molecule has 0 spiro atoms. The quantitative estimate of drug-likeness (QED) is 0.743. The molecule has 16 heavy (non-hydrogen) atoms. The van der Waals surface area contributed by atoms with E-state index in [1.807, 2.05) is 37.4 Å². The van der Waals surface area contributed by atoms with Crippen molar-refractivity contribution in [3.63, 3.8) is 0 Å². The summed E-state index contributed by atoms with van der Waals surface area (Å²) in [6.45, 7) is 1.96. The van der Waals surface area contributed by atoms with Crippen LogP contribution >= 0.6 is 0 Å². The van der Waals surface area contributed by atoms with Crippen LogP contribution in [0.4, 0.5) is 0 Å². The first kappa shape index (κ1) is 11.2. The average Bonchev–Trinajstić information content (AvgIpc) is 2.30. The highest BCUT2D eigenvalue weighted by molar-refractivity contribution is 7.90. The lowest BCUT2D eigenvalue weighted by molar-refractivity contribution is 0.601. The molecule has 2 nitrogen and oxygen atoms in total. The van der Waals surface area contributed by atoms with Gasteiger partial charge in [-0.3, -0.25) is 4.98 Å². The van der Waals surface area contributed by atoms with Gasteiger partial charge in [0.1, 0.15) is 6.26 Å². The van der Waals surface area contributed by atoms with Crippen molar-refractivity contribution in [2.24, 2.45) is 0 Å². The molecule has 81 valence electrons. The van der Waals surface area contributed by atoms with Crippen molar-refractivity contribution in [2.75, 3.05) is 6.26 Å². The Hall–Kier alpha value is -1.32. The van der Waals surface area contributed by atoms with E-state index < -0.39 is 11.2 Å². The normalized spacial score (nSPS) is 12.4. The Balaban J connectivity index is 2.31. The number of nitrogens with zero attached hydrogens (tertiary/aromatic N) is 1. The van der Waals surface area contributed by atoms with Crippen LogP contribution in [-0.4, -0.2) is 15.8 Å². The second-order valence-electron chi connectivity index (χ2n) is 3.58. The third-order valence-electron chi connectivity index (χ3n) is 2.34. The Morgan fingerprint density at radius 2 is 2.06 bits per heavy atom. The molecule has 0 aliphatic heterocycles. The van der Waals surface area contributed by atoms with Crippen LogP contribution in [0.3, 0.4) is 0 Å². The zero-order chi connectivity index (χ0) is 11.5. The molecule has 2 rings (SSSR count). The molecule has 1 unspecified atom stereocenters. The van der Waals surface area contributed by atoms with Gasteiger partial charge < -0.3 is 4.55 Å². The van der Waals surface area contributed by atoms with E-state index >= 15 is 0 Å². The molecular weight excluding hydrogens is 218 g/mol. The molecule has 2 aromatic rings. The van der Waals surface area contributed by atoms with Gasteiger partial charge in [-0.15, -0.1) is 0 Å². The summed E-state index contributed by atoms with van der Waals surface area (Å²) in [7, 11) is 0. The van der Waals surface area contributed by atoms with Gasteiger partial charge in [-0.25, -0.2) is 0 Å². The molecule has 0 amide bonds. The molecule has 1 heterocycles. The molecule has 1 atom stereocenters. The van der Waals surface area contributed by atoms with Gasteiger partial charge in [0.15, 0.2) is 4.90 Å². The number of aryl methyl sites for hydroxylation is 1. The van der Waals surface area contributed by atoms with Crippen LogP contribution in [0.25, 0.3) is 11.1 Å². The standard InChI is InChI=1S/C13H12NOS/c1-10-3-4-12(9-14-10)11-5-7-13(8-6-11)16(2)15/h3-5,7-9H,1-2H3. The third-order valence-corrected chi connectivity index (χ3v) is 3.26. The molecule has 0 bridgehead atoms. The van der Waals surface area contributed by atoms with Crippen molar-refractivity contribution in [1.29, 1.82) is 0 Å². The maximum atomic E-state index is 11.2. The molecule has 1 aromatic heterocycles. The maximum Gasteiger partial charge on any atom is 0.153 e. The molecule has 3 heteroatoms. The first-order valence-corrected chi connectivity index (χ1v) is 6.51. The minimum atomic E-state index is -0.944. The van der Waals surface area contributed by atoms with E-state index in [0.717, 1.165) is 21.7 Å². The predicted octanol–water partition coefficient (Wildman–Crippen LogP) is 2.59. The fraction of sp³-hybridized carbons (Fsp3) is 0.154. The fourth-order valence-electron chi connectivity index (χ4n) is 1.40. The molecule has 0 fully saturated rings. The van der Waals surface area contributed by atoms with E-state index in [1.165, 1.54) is 0 Å². The minimum Gasteiger partial charge on any atom is -0.612 e. The summed E-state index contributed by atoms with van der Waals surface area (Å²) in [6.07, 6.45) is 3.49. The zero-order valence-electron chi connectivity index (χ0n) is 9.23. The number of hydrogen-bond acceptors (Lipinski definition) is 2. The van der Waals surface area contributed by atoms with Gasteiger partial charge in [-0.1, -0.05) is 6.07 Å². The van der Waals surface area contributed by atoms with Gasteiger partial charge in [0, 0.05) is 23.5 Å². The van der Waals surface area contributed by atoms with Crippen molar-refractivity contribution in [2.45, 2.75) is 11.8 Å². The number of rotatable bonds is 2. The van der Waals surface area contributed by atoms with Crippen LogP contribution in [0.5, 0.6) is 0 Å². The van der Waals surface area contributed by atoms with E-state index in [9.17, 15) is 4.55 Å². The van der Waals surface area contributed by atoms with E-state index in [4.69, 9.17) is 0 Å². The van der Waals surface area contributed by atoms with Gasteiger partial charge in [-0.05, 0) is 47.9 Å². The lowest BCUT2D eigenvalue weighted by atomic mass is 10.1. The van der Waals surface area contributed by atoms with Crippen LogP contribution in [0, 0.1) is 13.0 Å². The van der Waals surface area contributed by atoms with Gasteiger partial charge in [0.2, 0.25) is 0 Å². The minimum absolute atomic E-state index is 0.795. The molecule has 0 aliphatic rings. The summed E-state index contributed by atoms with van der Waals surface area (Å²) in [4.78, 5) is 5.03. The molecular formula is C13H12NOS. The predicted molar refractivity (Wildman–Crippen MR) is 65.6 cm³/mol. The van der Waals surface area contributed by atoms with Crippen LogP contribution in [0.1, 0.15) is 5.69 Å². The van der Waals surface area contributed by atoms with Crippen molar-refractivity contribution in [3.8, 4) is 11.1 Å². The summed E-state index contributed by atoms with van der Waals surface area (Å²) in [5.74, 6) is 0. The molecule has 0 aliphatic carbocycles. The maximum absolute atomic E-state index is 11.2. The van der Waals surface area contributed by atoms with Crippen LogP contribution in [-0.2, 0) is 11.2 Å². The van der Waals surface area contributed by atoms with Crippen molar-refractivity contribution in [3.05, 3.63) is 48.3 Å². The zero-order valence-corrected chi connectivity index (χ0v) is 10.0. The number of pyridine rings is 1. The summed E-state index contributed by atoms with van der Waals surface area (Å²) >= 11 is -0.944. The molecule has 1 aromatic carbocycles. The Labute approximate surface area is 98.5 Å². The first-order chi connectivity index (χ1) is 7.66. The molecule has 0 saturated carbocycles. The average molecular weight is 230 g/mol. The number of aromatic nitrogens is 1. The topological polar surface area (TPSA) is 36.0 Å². The van der Waals surface area contributed by atoms with Crippen molar-refractivity contribution < 1.29 is 4.55 Å². The van der Waals surface area contributed by atoms with E-state index in [1.54, 1.807) is 12.3 Å². The van der Waals surface area contributed by atoms with Gasteiger partial charge in [-0.2, -0.15) is 0 Å². The summed E-state index contributed by atoms with van der Waals surface area (Å²) in [6, 6.07) is 12.7. The van der Waals surface area contributed by atoms with Crippen molar-refractivity contribution in [1.82, 2.24) is 4.98 Å². The number of benzene rings is 1. The van der Waals surface area contributed by atoms with Gasteiger partial charge in [0.25, 0.3) is 0 Å². The Bertz CT molecular complexity index is 462. The highest BCUT2D eigenvalue weighted by atomic mass is 32.2. The van der Waals surface area contributed by atoms with Crippen molar-refractivity contribution >= 4 is 11.2 Å². The molecule has 0 saturated heterocycles. The van der Waals surface area contributed by atoms with Gasteiger partial charge >= 0.3 is 0 Å². The van der Waals surface area contributed by atoms with Crippen LogP contribution < -0.4 is 0 Å². The summed E-state index contributed by atoms with van der Waals surface area (Å²) < 4.78 is 11.2. The van der Waals surface area contributed by atoms with E-state index in [-0.39, 0.29) is 0 Å². The summed E-state index contributed by atoms with van der Waals surface area (Å²) in [5.41, 5.74) is 3.00. The first-order valence-electron chi connectivity index (χ1n) is 4.95. The smallest absolute Gasteiger partial charge is 0.153 e. The highest BCUT2D eigenvalue weighted by Crippen LogP contribution is 2.20. The monoisotopic (exact) mass is 230 g/mol. The van der Waals surface area contributed by atoms with Crippen LogP contribution in [0.2, 0.25) is 0 Å². The Kier molecular flexibility index (Phi) is 3.27. The Morgan fingerprint density at radius 1 is 1.25 bits per heavy atom. The highest BCUT2D eigenvalue weighted by Gasteiger charge is 2.04. The van der Waals surface area contributed by atoms with E-state index in [0.29, 0.717) is 0 Å². The third kappa shape index (κ3) is 2.43. The second-order valence-corrected chi connectivity index (χ2v) is 4.96. The summed E-state index contributed by atoms with van der Waals surface area (Å²) in [5, 5.41) is 0. The molecule has 1 radical (unpaired) electrons. The lowest BCUT2D eigenvalue weighted by Crippen LogP contribution is -1.96. The lowest BCUT2D eigenvalue weighted by Gasteiger charge is -2.05. The molecule has 0 N–H and O–H groups in total. The largest absolute Gasteiger partial charge is 0.612 e. The Morgan fingerprint density at radius 3 is 2.56 bits per heavy atom. The van der Waals surface area contributed by atoms with E-state index in [2.05, 4.69) is 11.1 Å². The van der Waals surface area contributed by atoms with Crippen LogP contribution in [0.15, 0.2) is 41.4 Å².